The molecule has 3 N–H and O–H groups in total. The molecule has 0 saturated carbocycles. The molecule has 7 nitrogen and oxygen atoms in total. The molecule has 0 spiro atoms. The number of nitrogen functional groups attached to an aromatic ring is 1. The number of nitrogens with zero attached hydrogens (tertiary/aromatic N) is 4. The van der Waals surface area contributed by atoms with Crippen LogP contribution in [-0.2, 0) is 4.74 Å². The first-order valence-electron chi connectivity index (χ1n) is 7.67. The first-order valence-corrected chi connectivity index (χ1v) is 8.65. The number of hydrogen-bond acceptors (Lipinski definition) is 7. The number of aliphatic hydroxyl groups is 1. The maximum atomic E-state index is 10.3. The van der Waals surface area contributed by atoms with Crippen molar-refractivity contribution in [3.05, 3.63) is 43.0 Å². The summed E-state index contributed by atoms with van der Waals surface area (Å²) in [6.45, 7) is 0. The van der Waals surface area contributed by atoms with Crippen molar-refractivity contribution in [2.24, 2.45) is 0 Å². The first kappa shape index (κ1) is 15.4. The van der Waals surface area contributed by atoms with Gasteiger partial charge >= 0.3 is 0 Å². The Morgan fingerprint density at radius 1 is 1.25 bits per heavy atom. The fraction of sp³-hybridized carbons (Fsp3) is 0.312. The monoisotopic (exact) mass is 343 g/mol. The Hall–Kier alpha value is -2.16. The highest BCUT2D eigenvalue weighted by molar-refractivity contribution is 7.99. The molecule has 0 bridgehead atoms. The molecule has 2 aromatic heterocycles. The van der Waals surface area contributed by atoms with Gasteiger partial charge in [-0.05, 0) is 12.1 Å². The van der Waals surface area contributed by atoms with Crippen LogP contribution in [0.15, 0.2) is 47.9 Å². The van der Waals surface area contributed by atoms with Gasteiger partial charge in [0, 0.05) is 17.1 Å². The Bertz CT molecular complexity index is 841. The van der Waals surface area contributed by atoms with Gasteiger partial charge in [-0.1, -0.05) is 18.2 Å². The third-order valence-corrected chi connectivity index (χ3v) is 5.16. The van der Waals surface area contributed by atoms with Crippen LogP contribution in [0.4, 0.5) is 5.82 Å². The zero-order valence-electron chi connectivity index (χ0n) is 12.8. The topological polar surface area (TPSA) is 99.1 Å². The normalized spacial score (nSPS) is 23.8. The van der Waals surface area contributed by atoms with Gasteiger partial charge in [0.05, 0.1) is 18.5 Å². The second-order valence-electron chi connectivity index (χ2n) is 5.64. The smallest absolute Gasteiger partial charge is 0.167 e. The number of anilines is 1. The number of fused-ring (bicyclic) bond motifs is 1. The number of thioether (sulfide) groups is 1. The number of rotatable bonds is 4. The van der Waals surface area contributed by atoms with E-state index in [0.717, 1.165) is 4.90 Å². The predicted octanol–water partition coefficient (Wildman–Crippen LogP) is 1.85. The van der Waals surface area contributed by atoms with Gasteiger partial charge in [0.15, 0.2) is 11.5 Å². The molecule has 4 rings (SSSR count). The van der Waals surface area contributed by atoms with E-state index in [1.165, 1.54) is 6.33 Å². The summed E-state index contributed by atoms with van der Waals surface area (Å²) in [5.74, 6) is 1.03. The highest BCUT2D eigenvalue weighted by Gasteiger charge is 2.35. The van der Waals surface area contributed by atoms with E-state index in [0.29, 0.717) is 29.2 Å². The van der Waals surface area contributed by atoms with E-state index < -0.39 is 6.10 Å². The minimum Gasteiger partial charge on any atom is -0.390 e. The second-order valence-corrected chi connectivity index (χ2v) is 6.73. The summed E-state index contributed by atoms with van der Waals surface area (Å²) in [7, 11) is 0. The third-order valence-electron chi connectivity index (χ3n) is 4.06. The molecule has 1 aliphatic heterocycles. The van der Waals surface area contributed by atoms with E-state index in [1.807, 2.05) is 34.9 Å². The van der Waals surface area contributed by atoms with Crippen molar-refractivity contribution >= 4 is 28.7 Å². The molecular formula is C16H17N5O2S. The van der Waals surface area contributed by atoms with E-state index in [-0.39, 0.29) is 12.3 Å². The van der Waals surface area contributed by atoms with Gasteiger partial charge in [0.1, 0.15) is 18.1 Å². The standard InChI is InChI=1S/C16H17N5O2S/c17-15-14-16(19-8-18-15)21(9-20-14)13-6-11(22)12(23-13)7-24-10-4-2-1-3-5-10/h1-5,8-9,11-13,22H,6-7H2,(H2,17,18,19)/t11-,12+,13+/m0/s1. The number of hydrogen-bond donors (Lipinski definition) is 2. The summed E-state index contributed by atoms with van der Waals surface area (Å²) >= 11 is 1.67. The average Bonchev–Trinajstić information content (AvgIpc) is 3.18. The zero-order chi connectivity index (χ0) is 16.5. The molecule has 3 aromatic rings. The van der Waals surface area contributed by atoms with Crippen molar-refractivity contribution < 1.29 is 9.84 Å². The van der Waals surface area contributed by atoms with Crippen LogP contribution in [-0.4, -0.2) is 42.6 Å². The lowest BCUT2D eigenvalue weighted by Crippen LogP contribution is -2.23. The highest BCUT2D eigenvalue weighted by Crippen LogP contribution is 2.33. The molecule has 0 unspecified atom stereocenters. The molecule has 1 fully saturated rings. The summed E-state index contributed by atoms with van der Waals surface area (Å²) in [4.78, 5) is 13.6. The largest absolute Gasteiger partial charge is 0.390 e. The molecule has 0 amide bonds. The van der Waals surface area contributed by atoms with Gasteiger partial charge in [0.2, 0.25) is 0 Å². The van der Waals surface area contributed by atoms with Crippen molar-refractivity contribution in [2.75, 3.05) is 11.5 Å². The molecule has 124 valence electrons. The lowest BCUT2D eigenvalue weighted by Gasteiger charge is -2.15. The maximum absolute atomic E-state index is 10.3. The van der Waals surface area contributed by atoms with Crippen molar-refractivity contribution in [3.63, 3.8) is 0 Å². The first-order chi connectivity index (χ1) is 11.7. The molecule has 24 heavy (non-hydrogen) atoms. The summed E-state index contributed by atoms with van der Waals surface area (Å²) in [5, 5.41) is 10.3. The van der Waals surface area contributed by atoms with E-state index in [1.54, 1.807) is 18.1 Å². The predicted molar refractivity (Wildman–Crippen MR) is 91.4 cm³/mol. The molecule has 0 radical (unpaired) electrons. The van der Waals surface area contributed by atoms with E-state index in [2.05, 4.69) is 15.0 Å². The summed E-state index contributed by atoms with van der Waals surface area (Å²) in [6, 6.07) is 10.1. The van der Waals surface area contributed by atoms with Crippen molar-refractivity contribution in [1.82, 2.24) is 19.5 Å². The summed E-state index contributed by atoms with van der Waals surface area (Å²) < 4.78 is 7.85. The van der Waals surface area contributed by atoms with Crippen LogP contribution in [0.25, 0.3) is 11.2 Å². The van der Waals surface area contributed by atoms with E-state index in [4.69, 9.17) is 10.5 Å². The number of nitrogens with two attached hydrogens (primary N) is 1. The van der Waals surface area contributed by atoms with Crippen LogP contribution in [0, 0.1) is 0 Å². The minimum absolute atomic E-state index is 0.239. The van der Waals surface area contributed by atoms with Gasteiger partial charge in [-0.25, -0.2) is 15.0 Å². The molecule has 3 heterocycles. The molecular weight excluding hydrogens is 326 g/mol. The molecule has 8 heteroatoms. The molecule has 3 atom stereocenters. The highest BCUT2D eigenvalue weighted by atomic mass is 32.2. The third kappa shape index (κ3) is 2.83. The van der Waals surface area contributed by atoms with Crippen LogP contribution >= 0.6 is 11.8 Å². The summed E-state index contributed by atoms with van der Waals surface area (Å²) in [6.07, 6.45) is 2.47. The minimum atomic E-state index is -0.525. The average molecular weight is 343 g/mol. The van der Waals surface area contributed by atoms with Crippen LogP contribution in [0.5, 0.6) is 0 Å². The van der Waals surface area contributed by atoms with Crippen LogP contribution in [0.2, 0.25) is 0 Å². The Morgan fingerprint density at radius 3 is 2.92 bits per heavy atom. The zero-order valence-corrected chi connectivity index (χ0v) is 13.6. The van der Waals surface area contributed by atoms with Gasteiger partial charge < -0.3 is 15.6 Å². The van der Waals surface area contributed by atoms with Crippen LogP contribution in [0.3, 0.4) is 0 Å². The van der Waals surface area contributed by atoms with Crippen LogP contribution < -0.4 is 5.73 Å². The van der Waals surface area contributed by atoms with Gasteiger partial charge in [-0.2, -0.15) is 0 Å². The van der Waals surface area contributed by atoms with Crippen LogP contribution in [0.1, 0.15) is 12.6 Å². The number of ether oxygens (including phenoxy) is 1. The molecule has 1 saturated heterocycles. The fourth-order valence-electron chi connectivity index (χ4n) is 2.81. The quantitative estimate of drug-likeness (QED) is 0.697. The van der Waals surface area contributed by atoms with E-state index >= 15 is 0 Å². The Kier molecular flexibility index (Phi) is 4.09. The fourth-order valence-corrected chi connectivity index (χ4v) is 3.82. The number of aliphatic hydroxyl groups excluding tert-OH is 1. The Labute approximate surface area is 142 Å². The van der Waals surface area contributed by atoms with Crippen molar-refractivity contribution in [2.45, 2.75) is 29.8 Å². The number of benzene rings is 1. The van der Waals surface area contributed by atoms with Gasteiger partial charge in [0.25, 0.3) is 0 Å². The summed E-state index contributed by atoms with van der Waals surface area (Å²) in [5.41, 5.74) is 6.99. The number of imidazole rings is 1. The molecule has 1 aromatic carbocycles. The van der Waals surface area contributed by atoms with Gasteiger partial charge in [-0.15, -0.1) is 11.8 Å². The Morgan fingerprint density at radius 2 is 2.08 bits per heavy atom. The lowest BCUT2D eigenvalue weighted by molar-refractivity contribution is -0.00371. The Balaban J connectivity index is 1.49. The number of aromatic nitrogens is 4. The lowest BCUT2D eigenvalue weighted by atomic mass is 10.2. The van der Waals surface area contributed by atoms with Crippen molar-refractivity contribution in [3.8, 4) is 0 Å². The van der Waals surface area contributed by atoms with E-state index in [9.17, 15) is 5.11 Å². The molecule has 0 aliphatic carbocycles. The molecule has 1 aliphatic rings. The second kappa shape index (κ2) is 6.39. The SMILES string of the molecule is Nc1ncnc2c1ncn2[C@H]1C[C@H](O)[C@@H](CSc2ccccc2)O1. The van der Waals surface area contributed by atoms with Crippen molar-refractivity contribution in [1.29, 1.82) is 0 Å². The maximum Gasteiger partial charge on any atom is 0.167 e. The van der Waals surface area contributed by atoms with Gasteiger partial charge in [-0.3, -0.25) is 4.57 Å².